The average molecular weight is 422 g/mol. The van der Waals surface area contributed by atoms with Gasteiger partial charge in [0, 0.05) is 19.0 Å². The van der Waals surface area contributed by atoms with E-state index in [-0.39, 0.29) is 23.5 Å². The number of hydrogen-bond donors (Lipinski definition) is 0. The first-order chi connectivity index (χ1) is 14.6. The fraction of sp³-hybridized carbons (Fsp3) is 0.273. The number of likely N-dealkylation sites (tertiary alicyclic amines) is 1. The van der Waals surface area contributed by atoms with Crippen molar-refractivity contribution in [1.29, 1.82) is 0 Å². The molecule has 0 spiro atoms. The molecule has 2 aromatic heterocycles. The Morgan fingerprint density at radius 3 is 2.73 bits per heavy atom. The average Bonchev–Trinajstić information content (AvgIpc) is 3.38. The number of piperidine rings is 1. The Morgan fingerprint density at radius 2 is 1.93 bits per heavy atom. The molecule has 0 bridgehead atoms. The largest absolute Gasteiger partial charge is 0.335 e. The summed E-state index contributed by atoms with van der Waals surface area (Å²) < 4.78 is 16.0. The molecule has 1 amide bonds. The second-order valence-corrected chi connectivity index (χ2v) is 8.54. The lowest BCUT2D eigenvalue weighted by Gasteiger charge is -2.31. The molecule has 4 aromatic rings. The Morgan fingerprint density at radius 1 is 1.13 bits per heavy atom. The predicted octanol–water partition coefficient (Wildman–Crippen LogP) is 4.34. The zero-order valence-electron chi connectivity index (χ0n) is 16.5. The number of thiazole rings is 1. The van der Waals surface area contributed by atoms with Crippen molar-refractivity contribution in [2.45, 2.75) is 25.7 Å². The third-order valence-corrected chi connectivity index (χ3v) is 6.60. The Kier molecular flexibility index (Phi) is 4.78. The van der Waals surface area contributed by atoms with Gasteiger partial charge in [-0.15, -0.1) is 16.4 Å². The van der Waals surface area contributed by atoms with E-state index in [0.29, 0.717) is 24.6 Å². The van der Waals surface area contributed by atoms with Crippen LogP contribution in [0.2, 0.25) is 0 Å². The minimum absolute atomic E-state index is 0.168. The number of aryl methyl sites for hydroxylation is 1. The van der Waals surface area contributed by atoms with Gasteiger partial charge in [0.2, 0.25) is 5.82 Å². The minimum Gasteiger partial charge on any atom is -0.335 e. The highest BCUT2D eigenvalue weighted by atomic mass is 32.1. The van der Waals surface area contributed by atoms with Crippen molar-refractivity contribution in [3.05, 3.63) is 71.0 Å². The zero-order valence-corrected chi connectivity index (χ0v) is 17.3. The van der Waals surface area contributed by atoms with Crippen LogP contribution in [-0.4, -0.2) is 43.6 Å². The molecular weight excluding hydrogens is 401 g/mol. The van der Waals surface area contributed by atoms with Crippen LogP contribution in [-0.2, 0) is 0 Å². The molecule has 0 unspecified atom stereocenters. The lowest BCUT2D eigenvalue weighted by atomic mass is 9.98. The summed E-state index contributed by atoms with van der Waals surface area (Å²) in [7, 11) is 0. The monoisotopic (exact) mass is 421 g/mol. The number of para-hydroxylation sites is 1. The third-order valence-electron chi connectivity index (χ3n) is 5.40. The Balaban J connectivity index is 1.37. The summed E-state index contributed by atoms with van der Waals surface area (Å²) in [6.07, 6.45) is 1.93. The minimum atomic E-state index is -0.318. The number of nitrogens with zero attached hydrogens (tertiary/aromatic N) is 5. The molecule has 0 aliphatic carbocycles. The number of carbonyl (C=O) groups is 1. The first-order valence-electron chi connectivity index (χ1n) is 9.93. The van der Waals surface area contributed by atoms with Gasteiger partial charge in [-0.1, -0.05) is 12.1 Å². The van der Waals surface area contributed by atoms with E-state index in [9.17, 15) is 9.18 Å². The summed E-state index contributed by atoms with van der Waals surface area (Å²) >= 11 is 1.70. The summed E-state index contributed by atoms with van der Waals surface area (Å²) in [6.45, 7) is 3.08. The highest BCUT2D eigenvalue weighted by molar-refractivity contribution is 7.18. The van der Waals surface area contributed by atoms with Gasteiger partial charge in [-0.25, -0.2) is 19.0 Å². The molecule has 0 radical (unpaired) electrons. The van der Waals surface area contributed by atoms with Gasteiger partial charge in [0.05, 0.1) is 20.9 Å². The molecule has 2 aromatic carbocycles. The van der Waals surface area contributed by atoms with E-state index < -0.39 is 0 Å². The van der Waals surface area contributed by atoms with Crippen molar-refractivity contribution in [2.24, 2.45) is 0 Å². The molecule has 30 heavy (non-hydrogen) atoms. The van der Waals surface area contributed by atoms with E-state index in [1.54, 1.807) is 35.1 Å². The van der Waals surface area contributed by atoms with Gasteiger partial charge >= 0.3 is 0 Å². The Hall–Kier alpha value is -3.13. The van der Waals surface area contributed by atoms with Crippen LogP contribution in [0.3, 0.4) is 0 Å². The van der Waals surface area contributed by atoms with Crippen LogP contribution in [0.15, 0.2) is 48.5 Å². The third kappa shape index (κ3) is 3.47. The van der Waals surface area contributed by atoms with Crippen LogP contribution < -0.4 is 0 Å². The molecule has 1 aliphatic rings. The molecule has 1 atom stereocenters. The molecule has 8 heteroatoms. The summed E-state index contributed by atoms with van der Waals surface area (Å²) in [6, 6.07) is 14.1. The molecule has 1 fully saturated rings. The van der Waals surface area contributed by atoms with Gasteiger partial charge in [0.25, 0.3) is 5.91 Å². The number of aromatic nitrogens is 4. The normalized spacial score (nSPS) is 16.9. The molecule has 0 saturated carbocycles. The zero-order chi connectivity index (χ0) is 20.7. The molecule has 1 saturated heterocycles. The highest BCUT2D eigenvalue weighted by Crippen LogP contribution is 2.33. The van der Waals surface area contributed by atoms with Crippen molar-refractivity contribution < 1.29 is 9.18 Å². The van der Waals surface area contributed by atoms with Crippen molar-refractivity contribution in [2.75, 3.05) is 13.1 Å². The van der Waals surface area contributed by atoms with Crippen LogP contribution in [0.1, 0.15) is 40.2 Å². The van der Waals surface area contributed by atoms with E-state index in [4.69, 9.17) is 4.98 Å². The number of benzene rings is 2. The Labute approximate surface area is 177 Å². The lowest BCUT2D eigenvalue weighted by Crippen LogP contribution is -2.39. The lowest BCUT2D eigenvalue weighted by molar-refractivity contribution is 0.0694. The Bertz CT molecular complexity index is 1180. The molecular formula is C22H20FN5OS. The fourth-order valence-electron chi connectivity index (χ4n) is 3.88. The molecule has 5 rings (SSSR count). The van der Waals surface area contributed by atoms with E-state index in [0.717, 1.165) is 23.4 Å². The first-order valence-corrected chi connectivity index (χ1v) is 10.7. The van der Waals surface area contributed by atoms with Crippen LogP contribution in [0.25, 0.3) is 15.9 Å². The van der Waals surface area contributed by atoms with E-state index in [1.165, 1.54) is 16.8 Å². The highest BCUT2D eigenvalue weighted by Gasteiger charge is 2.29. The van der Waals surface area contributed by atoms with E-state index in [2.05, 4.69) is 16.1 Å². The van der Waals surface area contributed by atoms with Gasteiger partial charge in [0.15, 0.2) is 0 Å². The van der Waals surface area contributed by atoms with Crippen LogP contribution in [0.4, 0.5) is 4.39 Å². The molecule has 6 nitrogen and oxygen atoms in total. The number of fused-ring (bicyclic) bond motifs is 1. The smallest absolute Gasteiger partial charge is 0.293 e. The fourth-order valence-corrected chi connectivity index (χ4v) is 4.97. The quantitative estimate of drug-likeness (QED) is 0.494. The van der Waals surface area contributed by atoms with Gasteiger partial charge in [0.1, 0.15) is 11.6 Å². The van der Waals surface area contributed by atoms with Crippen LogP contribution in [0, 0.1) is 12.7 Å². The van der Waals surface area contributed by atoms with Crippen molar-refractivity contribution in [3.63, 3.8) is 0 Å². The van der Waals surface area contributed by atoms with Gasteiger partial charge in [-0.05, 0) is 56.2 Å². The number of halogens is 1. The number of hydrogen-bond acceptors (Lipinski definition) is 5. The maximum Gasteiger partial charge on any atom is 0.293 e. The van der Waals surface area contributed by atoms with Gasteiger partial charge in [-0.3, -0.25) is 4.79 Å². The first kappa shape index (κ1) is 18.9. The van der Waals surface area contributed by atoms with Crippen molar-refractivity contribution in [1.82, 2.24) is 24.6 Å². The predicted molar refractivity (Wildman–Crippen MR) is 114 cm³/mol. The van der Waals surface area contributed by atoms with Gasteiger partial charge in [-0.2, -0.15) is 0 Å². The standard InChI is InChI=1S/C22H20FN5OS/c1-14-24-20(26-28(14)17-10-8-16(23)9-11-17)22(29)27-12-4-5-15(13-27)21-25-18-6-2-3-7-19(18)30-21/h2-3,6-11,15H,4-5,12-13H2,1H3/t15-/m0/s1. The summed E-state index contributed by atoms with van der Waals surface area (Å²) in [5, 5.41) is 5.47. The second kappa shape index (κ2) is 7.60. The van der Waals surface area contributed by atoms with E-state index >= 15 is 0 Å². The summed E-state index contributed by atoms with van der Waals surface area (Å²) in [5.74, 6) is 0.485. The maximum atomic E-state index is 13.2. The summed E-state index contributed by atoms with van der Waals surface area (Å²) in [5.41, 5.74) is 1.68. The SMILES string of the molecule is Cc1nc(C(=O)N2CCC[C@H](c3nc4ccccc4s3)C2)nn1-c1ccc(F)cc1. The van der Waals surface area contributed by atoms with Crippen molar-refractivity contribution in [3.8, 4) is 5.69 Å². The van der Waals surface area contributed by atoms with Gasteiger partial charge < -0.3 is 4.90 Å². The maximum absolute atomic E-state index is 13.2. The van der Waals surface area contributed by atoms with Crippen molar-refractivity contribution >= 4 is 27.5 Å². The molecule has 152 valence electrons. The second-order valence-electron chi connectivity index (χ2n) is 7.48. The topological polar surface area (TPSA) is 63.9 Å². The van der Waals surface area contributed by atoms with Crippen LogP contribution >= 0.6 is 11.3 Å². The number of rotatable bonds is 3. The number of amides is 1. The molecule has 1 aliphatic heterocycles. The molecule has 0 N–H and O–H groups in total. The number of carbonyl (C=O) groups excluding carboxylic acids is 1. The van der Waals surface area contributed by atoms with E-state index in [1.807, 2.05) is 23.1 Å². The van der Waals surface area contributed by atoms with Crippen LogP contribution in [0.5, 0.6) is 0 Å². The summed E-state index contributed by atoms with van der Waals surface area (Å²) in [4.78, 5) is 24.1. The molecule has 3 heterocycles.